The van der Waals surface area contributed by atoms with E-state index in [0.29, 0.717) is 0 Å². The van der Waals surface area contributed by atoms with Gasteiger partial charge in [0.05, 0.1) is 12.2 Å². The normalized spacial score (nSPS) is 12.0. The minimum atomic E-state index is -0.847. The van der Waals surface area contributed by atoms with E-state index in [2.05, 4.69) is 15.5 Å². The van der Waals surface area contributed by atoms with Crippen molar-refractivity contribution in [1.29, 1.82) is 0 Å². The molecule has 0 fully saturated rings. The van der Waals surface area contributed by atoms with Gasteiger partial charge in [0.15, 0.2) is 0 Å². The highest BCUT2D eigenvalue weighted by Gasteiger charge is 2.09. The Bertz CT molecular complexity index is 77.8. The van der Waals surface area contributed by atoms with Gasteiger partial charge >= 0.3 is 0 Å². The Morgan fingerprint density at radius 1 is 1.00 bits per heavy atom. The molecule has 0 radical (unpaired) electrons. The Morgan fingerprint density at radius 3 is 1.50 bits per heavy atom. The van der Waals surface area contributed by atoms with Crippen molar-refractivity contribution in [3.63, 3.8) is 0 Å². The van der Waals surface area contributed by atoms with Crippen LogP contribution in [0, 0.1) is 0 Å². The van der Waals surface area contributed by atoms with Crippen LogP contribution in [0.1, 0.15) is 27.7 Å². The molecule has 0 aliphatic carbocycles. The van der Waals surface area contributed by atoms with E-state index in [-0.39, 0.29) is 12.2 Å². The van der Waals surface area contributed by atoms with E-state index in [9.17, 15) is 0 Å². The first kappa shape index (κ1) is 10.8. The summed E-state index contributed by atoms with van der Waals surface area (Å²) in [5.74, 6) is 0. The minimum Gasteiger partial charge on any atom is -0.323 e. The summed E-state index contributed by atoms with van der Waals surface area (Å²) in [6.45, 7) is 7.95. The average molecular weight is 229 g/mol. The largest absolute Gasteiger partial charge is 0.323 e. The van der Waals surface area contributed by atoms with Crippen LogP contribution in [0.5, 0.6) is 0 Å². The molecule has 10 heavy (non-hydrogen) atoms. The van der Waals surface area contributed by atoms with Gasteiger partial charge in [0.1, 0.15) is 0 Å². The maximum atomic E-state index is 5.32. The van der Waals surface area contributed by atoms with Gasteiger partial charge in [-0.3, -0.25) is 0 Å². The third-order valence-electron chi connectivity index (χ3n) is 0.587. The summed E-state index contributed by atoms with van der Waals surface area (Å²) in [5.41, 5.74) is 0. The lowest BCUT2D eigenvalue weighted by Gasteiger charge is -2.15. The van der Waals surface area contributed by atoms with Gasteiger partial charge in [0.25, 0.3) is 0 Å². The summed E-state index contributed by atoms with van der Waals surface area (Å²) in [6, 6.07) is 0. The third kappa shape index (κ3) is 6.94. The highest BCUT2D eigenvalue weighted by Crippen LogP contribution is 2.48. The van der Waals surface area contributed by atoms with Gasteiger partial charge in [-0.15, -0.1) is 0 Å². The SMILES string of the molecule is CC(C)OP(Br)OC(C)C. The van der Waals surface area contributed by atoms with Gasteiger partial charge in [-0.2, -0.15) is 0 Å². The van der Waals surface area contributed by atoms with Gasteiger partial charge in [0, 0.05) is 15.5 Å². The molecule has 0 aromatic carbocycles. The monoisotopic (exact) mass is 228 g/mol. The van der Waals surface area contributed by atoms with E-state index in [4.69, 9.17) is 9.05 Å². The molecule has 0 rings (SSSR count). The second-order valence-corrected chi connectivity index (χ2v) is 5.10. The van der Waals surface area contributed by atoms with Gasteiger partial charge < -0.3 is 9.05 Å². The van der Waals surface area contributed by atoms with Crippen LogP contribution in [0.4, 0.5) is 0 Å². The van der Waals surface area contributed by atoms with Crippen LogP contribution in [0.3, 0.4) is 0 Å². The van der Waals surface area contributed by atoms with Crippen LogP contribution < -0.4 is 0 Å². The van der Waals surface area contributed by atoms with E-state index < -0.39 is 7.08 Å². The molecule has 2 nitrogen and oxygen atoms in total. The Hall–Kier alpha value is 0.830. The maximum Gasteiger partial charge on any atom is 0.247 e. The Balaban J connectivity index is 3.34. The Kier molecular flexibility index (Phi) is 5.93. The number of halogens is 1. The minimum absolute atomic E-state index is 0.226. The number of hydrogen-bond donors (Lipinski definition) is 0. The average Bonchev–Trinajstić information content (AvgIpc) is 1.58. The fourth-order valence-corrected chi connectivity index (χ4v) is 3.08. The Morgan fingerprint density at radius 2 is 1.30 bits per heavy atom. The van der Waals surface area contributed by atoms with E-state index in [1.54, 1.807) is 0 Å². The van der Waals surface area contributed by atoms with Crippen molar-refractivity contribution in [2.24, 2.45) is 0 Å². The van der Waals surface area contributed by atoms with Gasteiger partial charge in [0.2, 0.25) is 7.08 Å². The van der Waals surface area contributed by atoms with Crippen LogP contribution in [-0.2, 0) is 9.05 Å². The zero-order valence-electron chi connectivity index (χ0n) is 6.80. The molecule has 0 aromatic heterocycles. The molecular weight excluding hydrogens is 215 g/mol. The van der Waals surface area contributed by atoms with Gasteiger partial charge in [-0.1, -0.05) is 0 Å². The molecule has 0 aliphatic heterocycles. The standard InChI is InChI=1S/C6H14BrO2P/c1-5(2)8-10(7)9-6(3)4/h5-6H,1-4H3. The van der Waals surface area contributed by atoms with Crippen molar-refractivity contribution >= 4 is 22.6 Å². The zero-order chi connectivity index (χ0) is 8.15. The molecule has 0 aliphatic rings. The summed E-state index contributed by atoms with van der Waals surface area (Å²) < 4.78 is 10.6. The van der Waals surface area contributed by atoms with E-state index in [0.717, 1.165) is 0 Å². The zero-order valence-corrected chi connectivity index (χ0v) is 9.28. The maximum absolute atomic E-state index is 5.32. The molecule has 0 atom stereocenters. The topological polar surface area (TPSA) is 18.5 Å². The second kappa shape index (κ2) is 5.48. The molecule has 0 saturated carbocycles. The quantitative estimate of drug-likeness (QED) is 0.687. The van der Waals surface area contributed by atoms with Crippen molar-refractivity contribution in [3.8, 4) is 0 Å². The molecular formula is C6H14BrO2P. The van der Waals surface area contributed by atoms with Crippen molar-refractivity contribution < 1.29 is 9.05 Å². The number of rotatable bonds is 4. The molecule has 0 aromatic rings. The molecule has 0 unspecified atom stereocenters. The molecule has 0 saturated heterocycles. The predicted molar refractivity (Wildman–Crippen MR) is 48.3 cm³/mol. The predicted octanol–water partition coefficient (Wildman–Crippen LogP) is 3.46. The highest BCUT2D eigenvalue weighted by atomic mass is 79.9. The molecule has 0 N–H and O–H groups in total. The lowest BCUT2D eigenvalue weighted by molar-refractivity contribution is 0.189. The van der Waals surface area contributed by atoms with Crippen molar-refractivity contribution in [3.05, 3.63) is 0 Å². The van der Waals surface area contributed by atoms with Crippen LogP contribution in [0.25, 0.3) is 0 Å². The van der Waals surface area contributed by atoms with E-state index >= 15 is 0 Å². The third-order valence-corrected chi connectivity index (χ3v) is 2.77. The van der Waals surface area contributed by atoms with Crippen molar-refractivity contribution in [1.82, 2.24) is 0 Å². The van der Waals surface area contributed by atoms with Crippen LogP contribution in [-0.4, -0.2) is 12.2 Å². The smallest absolute Gasteiger partial charge is 0.247 e. The molecule has 0 heterocycles. The van der Waals surface area contributed by atoms with Crippen molar-refractivity contribution in [2.75, 3.05) is 0 Å². The highest BCUT2D eigenvalue weighted by molar-refractivity contribution is 9.38. The van der Waals surface area contributed by atoms with Crippen LogP contribution in [0.15, 0.2) is 0 Å². The molecule has 0 bridgehead atoms. The molecule has 62 valence electrons. The lowest BCUT2D eigenvalue weighted by atomic mass is 10.5. The lowest BCUT2D eigenvalue weighted by Crippen LogP contribution is -2.01. The first-order valence-corrected chi connectivity index (χ1v) is 6.51. The van der Waals surface area contributed by atoms with Crippen LogP contribution >= 0.6 is 22.6 Å². The summed E-state index contributed by atoms with van der Waals surface area (Å²) in [5, 5.41) is 0. The first-order valence-electron chi connectivity index (χ1n) is 3.31. The molecule has 4 heteroatoms. The fourth-order valence-electron chi connectivity index (χ4n) is 0.356. The van der Waals surface area contributed by atoms with Crippen molar-refractivity contribution in [2.45, 2.75) is 39.9 Å². The fraction of sp³-hybridized carbons (Fsp3) is 1.00. The number of hydrogen-bond acceptors (Lipinski definition) is 2. The van der Waals surface area contributed by atoms with Gasteiger partial charge in [-0.05, 0) is 27.7 Å². The van der Waals surface area contributed by atoms with E-state index in [1.165, 1.54) is 0 Å². The van der Waals surface area contributed by atoms with Gasteiger partial charge in [-0.25, -0.2) is 0 Å². The molecule has 0 spiro atoms. The van der Waals surface area contributed by atoms with Crippen LogP contribution in [0.2, 0.25) is 0 Å². The summed E-state index contributed by atoms with van der Waals surface area (Å²) in [6.07, 6.45) is 0.452. The second-order valence-electron chi connectivity index (χ2n) is 2.52. The first-order chi connectivity index (χ1) is 4.52. The van der Waals surface area contributed by atoms with E-state index in [1.807, 2.05) is 27.7 Å². The summed E-state index contributed by atoms with van der Waals surface area (Å²) in [4.78, 5) is 0. The summed E-state index contributed by atoms with van der Waals surface area (Å²) in [7, 11) is -0.847. The summed E-state index contributed by atoms with van der Waals surface area (Å²) >= 11 is 3.30. The Labute approximate surface area is 71.9 Å². The molecule has 0 amide bonds.